The van der Waals surface area contributed by atoms with Crippen LogP contribution in [0.25, 0.3) is 0 Å². The zero-order chi connectivity index (χ0) is 6.97. The molecule has 2 nitrogen and oxygen atoms in total. The van der Waals surface area contributed by atoms with Gasteiger partial charge in [-0.25, -0.2) is 0 Å². The molecule has 0 aromatic heterocycles. The molecule has 1 aliphatic carbocycles. The van der Waals surface area contributed by atoms with E-state index in [9.17, 15) is 5.11 Å². The van der Waals surface area contributed by atoms with Crippen LogP contribution >= 0.6 is 0 Å². The van der Waals surface area contributed by atoms with Crippen LogP contribution < -0.4 is 5.32 Å². The fourth-order valence-corrected chi connectivity index (χ4v) is 2.34. The van der Waals surface area contributed by atoms with E-state index in [0.29, 0.717) is 5.92 Å². The quantitative estimate of drug-likeness (QED) is 0.510. The summed E-state index contributed by atoms with van der Waals surface area (Å²) in [7, 11) is 0. The molecular formula is C8H15NO. The van der Waals surface area contributed by atoms with Gasteiger partial charge in [-0.2, -0.15) is 0 Å². The van der Waals surface area contributed by atoms with Gasteiger partial charge in [0, 0.05) is 12.5 Å². The van der Waals surface area contributed by atoms with Gasteiger partial charge in [-0.1, -0.05) is 0 Å². The van der Waals surface area contributed by atoms with Gasteiger partial charge in [-0.05, 0) is 31.7 Å². The molecule has 0 radical (unpaired) electrons. The Morgan fingerprint density at radius 2 is 2.10 bits per heavy atom. The molecule has 0 aromatic carbocycles. The summed E-state index contributed by atoms with van der Waals surface area (Å²) >= 11 is 0. The van der Waals surface area contributed by atoms with Gasteiger partial charge in [-0.15, -0.1) is 0 Å². The first-order chi connectivity index (χ1) is 4.88. The molecule has 1 saturated carbocycles. The Kier molecular flexibility index (Phi) is 1.66. The lowest BCUT2D eigenvalue weighted by Crippen LogP contribution is -2.38. The molecule has 0 aromatic rings. The molecule has 0 bridgehead atoms. The van der Waals surface area contributed by atoms with E-state index in [1.54, 1.807) is 0 Å². The molecule has 2 fully saturated rings. The molecule has 1 aliphatic heterocycles. The second kappa shape index (κ2) is 2.51. The second-order valence-electron chi connectivity index (χ2n) is 3.56. The van der Waals surface area contributed by atoms with Crippen molar-refractivity contribution in [2.75, 3.05) is 13.1 Å². The number of piperidine rings is 1. The summed E-state index contributed by atoms with van der Waals surface area (Å²) in [5, 5.41) is 12.8. The summed E-state index contributed by atoms with van der Waals surface area (Å²) in [5.41, 5.74) is 0. The second-order valence-corrected chi connectivity index (χ2v) is 3.56. The first-order valence-corrected chi connectivity index (χ1v) is 4.26. The lowest BCUT2D eigenvalue weighted by Gasteiger charge is -2.27. The standard InChI is InChI=1S/C8H15NO/c10-8-2-1-6-3-4-9-5-7(6)8/h6-10H,1-5H2/t6-,7+,8-/m0/s1. The van der Waals surface area contributed by atoms with Crippen LogP contribution in [0.1, 0.15) is 19.3 Å². The number of aliphatic hydroxyl groups excluding tert-OH is 1. The Morgan fingerprint density at radius 3 is 2.90 bits per heavy atom. The van der Waals surface area contributed by atoms with E-state index in [0.717, 1.165) is 25.4 Å². The highest BCUT2D eigenvalue weighted by molar-refractivity contribution is 4.88. The van der Waals surface area contributed by atoms with E-state index < -0.39 is 0 Å². The van der Waals surface area contributed by atoms with Crippen LogP contribution in [0.5, 0.6) is 0 Å². The Hall–Kier alpha value is -0.0800. The highest BCUT2D eigenvalue weighted by Crippen LogP contribution is 2.35. The van der Waals surface area contributed by atoms with Crippen LogP contribution in [0, 0.1) is 11.8 Å². The Balaban J connectivity index is 2.01. The predicted octanol–water partition coefficient (Wildman–Crippen LogP) is 0.367. The number of fused-ring (bicyclic) bond motifs is 1. The summed E-state index contributed by atoms with van der Waals surface area (Å²) in [6.07, 6.45) is 3.57. The van der Waals surface area contributed by atoms with E-state index in [4.69, 9.17) is 0 Å². The molecule has 2 rings (SSSR count). The molecule has 0 unspecified atom stereocenters. The van der Waals surface area contributed by atoms with Crippen molar-refractivity contribution in [2.45, 2.75) is 25.4 Å². The summed E-state index contributed by atoms with van der Waals surface area (Å²) in [6.45, 7) is 2.21. The highest BCUT2D eigenvalue weighted by Gasteiger charge is 2.35. The van der Waals surface area contributed by atoms with Gasteiger partial charge in [0.25, 0.3) is 0 Å². The summed E-state index contributed by atoms with van der Waals surface area (Å²) in [5.74, 6) is 1.41. The fourth-order valence-electron chi connectivity index (χ4n) is 2.34. The van der Waals surface area contributed by atoms with Gasteiger partial charge in [-0.3, -0.25) is 0 Å². The van der Waals surface area contributed by atoms with Crippen LogP contribution in [-0.4, -0.2) is 24.3 Å². The van der Waals surface area contributed by atoms with Crippen LogP contribution in [0.15, 0.2) is 0 Å². The minimum absolute atomic E-state index is 0.00204. The summed E-state index contributed by atoms with van der Waals surface area (Å²) < 4.78 is 0. The topological polar surface area (TPSA) is 32.3 Å². The molecule has 3 atom stereocenters. The predicted molar refractivity (Wildman–Crippen MR) is 39.7 cm³/mol. The maximum Gasteiger partial charge on any atom is 0.0583 e. The average Bonchev–Trinajstić information content (AvgIpc) is 2.34. The monoisotopic (exact) mass is 141 g/mol. The molecule has 1 heterocycles. The lowest BCUT2D eigenvalue weighted by atomic mass is 9.89. The number of hydrogen-bond donors (Lipinski definition) is 2. The zero-order valence-corrected chi connectivity index (χ0v) is 6.21. The van der Waals surface area contributed by atoms with Crippen molar-refractivity contribution in [3.8, 4) is 0 Å². The largest absolute Gasteiger partial charge is 0.393 e. The van der Waals surface area contributed by atoms with E-state index >= 15 is 0 Å². The van der Waals surface area contributed by atoms with Crippen LogP contribution in [0.2, 0.25) is 0 Å². The number of rotatable bonds is 0. The maximum absolute atomic E-state index is 9.48. The van der Waals surface area contributed by atoms with Crippen molar-refractivity contribution in [3.05, 3.63) is 0 Å². The first kappa shape index (κ1) is 6.62. The van der Waals surface area contributed by atoms with Crippen LogP contribution in [-0.2, 0) is 0 Å². The Labute approximate surface area is 61.6 Å². The van der Waals surface area contributed by atoms with Crippen molar-refractivity contribution in [2.24, 2.45) is 11.8 Å². The molecular weight excluding hydrogens is 126 g/mol. The van der Waals surface area contributed by atoms with Crippen LogP contribution in [0.4, 0.5) is 0 Å². The van der Waals surface area contributed by atoms with Gasteiger partial charge in [0.2, 0.25) is 0 Å². The molecule has 2 heteroatoms. The minimum Gasteiger partial charge on any atom is -0.393 e. The zero-order valence-electron chi connectivity index (χ0n) is 6.21. The lowest BCUT2D eigenvalue weighted by molar-refractivity contribution is 0.104. The van der Waals surface area contributed by atoms with Gasteiger partial charge in [0.15, 0.2) is 0 Å². The summed E-state index contributed by atoms with van der Waals surface area (Å²) in [6, 6.07) is 0. The van der Waals surface area contributed by atoms with Crippen molar-refractivity contribution < 1.29 is 5.11 Å². The third-order valence-corrected chi connectivity index (χ3v) is 3.00. The normalized spacial score (nSPS) is 47.1. The third-order valence-electron chi connectivity index (χ3n) is 3.00. The molecule has 0 amide bonds. The smallest absolute Gasteiger partial charge is 0.0583 e. The SMILES string of the molecule is O[C@H]1CC[C@H]2CCNC[C@H]21. The van der Waals surface area contributed by atoms with Gasteiger partial charge >= 0.3 is 0 Å². The molecule has 10 heavy (non-hydrogen) atoms. The van der Waals surface area contributed by atoms with E-state index in [2.05, 4.69) is 5.32 Å². The third kappa shape index (κ3) is 0.956. The number of aliphatic hydroxyl groups is 1. The van der Waals surface area contributed by atoms with E-state index in [1.807, 2.05) is 0 Å². The highest BCUT2D eigenvalue weighted by atomic mass is 16.3. The molecule has 1 saturated heterocycles. The molecule has 58 valence electrons. The van der Waals surface area contributed by atoms with E-state index in [1.165, 1.54) is 12.8 Å². The molecule has 2 N–H and O–H groups in total. The van der Waals surface area contributed by atoms with Crippen molar-refractivity contribution in [1.29, 1.82) is 0 Å². The molecule has 0 spiro atoms. The van der Waals surface area contributed by atoms with Crippen molar-refractivity contribution in [1.82, 2.24) is 5.32 Å². The Bertz CT molecular complexity index is 124. The van der Waals surface area contributed by atoms with Gasteiger partial charge in [0.1, 0.15) is 0 Å². The van der Waals surface area contributed by atoms with E-state index in [-0.39, 0.29) is 6.10 Å². The number of nitrogens with one attached hydrogen (secondary N) is 1. The number of hydrogen-bond acceptors (Lipinski definition) is 2. The maximum atomic E-state index is 9.48. The Morgan fingerprint density at radius 1 is 1.20 bits per heavy atom. The van der Waals surface area contributed by atoms with Gasteiger partial charge < -0.3 is 10.4 Å². The summed E-state index contributed by atoms with van der Waals surface area (Å²) in [4.78, 5) is 0. The van der Waals surface area contributed by atoms with Crippen LogP contribution in [0.3, 0.4) is 0 Å². The van der Waals surface area contributed by atoms with Crippen molar-refractivity contribution in [3.63, 3.8) is 0 Å². The van der Waals surface area contributed by atoms with Crippen molar-refractivity contribution >= 4 is 0 Å². The minimum atomic E-state index is -0.00204. The molecule has 2 aliphatic rings. The van der Waals surface area contributed by atoms with Gasteiger partial charge in [0.05, 0.1) is 6.10 Å². The first-order valence-electron chi connectivity index (χ1n) is 4.26. The fraction of sp³-hybridized carbons (Fsp3) is 1.00. The average molecular weight is 141 g/mol.